The fraction of sp³-hybridized carbons (Fsp3) is 0.440. The number of nitrogens with zero attached hydrogens (tertiary/aromatic N) is 2. The van der Waals surface area contributed by atoms with E-state index in [1.807, 2.05) is 13.8 Å². The molecule has 8 nitrogen and oxygen atoms in total. The van der Waals surface area contributed by atoms with Gasteiger partial charge in [0.05, 0.1) is 19.1 Å². The highest BCUT2D eigenvalue weighted by molar-refractivity contribution is 7.92. The number of anilines is 1. The number of carbonyl (C=O) groups is 2. The zero-order chi connectivity index (χ0) is 26.2. The molecule has 2 rings (SSSR count). The fourth-order valence-electron chi connectivity index (χ4n) is 3.59. The predicted octanol–water partition coefficient (Wildman–Crippen LogP) is 3.32. The lowest BCUT2D eigenvalue weighted by atomic mass is 10.1. The van der Waals surface area contributed by atoms with Crippen LogP contribution in [0.4, 0.5) is 10.1 Å². The van der Waals surface area contributed by atoms with E-state index in [9.17, 15) is 22.4 Å². The number of amides is 2. The molecular formula is C25H34FN3O5S. The van der Waals surface area contributed by atoms with Crippen molar-refractivity contribution < 1.29 is 27.1 Å². The highest BCUT2D eigenvalue weighted by Gasteiger charge is 2.27. The van der Waals surface area contributed by atoms with Gasteiger partial charge in [0.15, 0.2) is 0 Å². The maximum atomic E-state index is 13.3. The van der Waals surface area contributed by atoms with Crippen molar-refractivity contribution >= 4 is 27.5 Å². The van der Waals surface area contributed by atoms with Gasteiger partial charge < -0.3 is 15.0 Å². The molecule has 1 N–H and O–H groups in total. The monoisotopic (exact) mass is 507 g/mol. The van der Waals surface area contributed by atoms with Crippen LogP contribution in [0.25, 0.3) is 0 Å². The Hall–Kier alpha value is -3.14. The normalized spacial score (nSPS) is 12.2. The number of carbonyl (C=O) groups excluding carboxylic acids is 2. The lowest BCUT2D eigenvalue weighted by Gasteiger charge is -2.30. The molecular weight excluding hydrogens is 473 g/mol. The first-order valence-electron chi connectivity index (χ1n) is 11.4. The van der Waals surface area contributed by atoms with Gasteiger partial charge in [0.1, 0.15) is 17.6 Å². The average Bonchev–Trinajstić information content (AvgIpc) is 2.79. The first-order valence-corrected chi connectivity index (χ1v) is 13.2. The standard InChI is InChI=1S/C25H34FN3O5S/c1-18(2)27-25(31)19(3)28(17-20-12-14-21(26)15-13-20)24(30)11-8-16-29(35(5,32)33)22-9-6-7-10-23(22)34-4/h6-7,9-10,12-15,18-19H,8,11,16-17H2,1-5H3,(H,27,31)/t19-/m1/s1. The zero-order valence-corrected chi connectivity index (χ0v) is 21.6. The zero-order valence-electron chi connectivity index (χ0n) is 20.8. The molecule has 0 spiro atoms. The Morgan fingerprint density at radius 2 is 1.69 bits per heavy atom. The smallest absolute Gasteiger partial charge is 0.242 e. The van der Waals surface area contributed by atoms with E-state index in [0.717, 1.165) is 6.26 Å². The number of sulfonamides is 1. The van der Waals surface area contributed by atoms with Gasteiger partial charge in [-0.15, -0.1) is 0 Å². The molecule has 0 bridgehead atoms. The van der Waals surface area contributed by atoms with Crippen molar-refractivity contribution in [1.29, 1.82) is 0 Å². The third kappa shape index (κ3) is 8.24. The largest absolute Gasteiger partial charge is 0.495 e. The Morgan fingerprint density at radius 1 is 1.06 bits per heavy atom. The number of benzene rings is 2. The van der Waals surface area contributed by atoms with Gasteiger partial charge in [-0.05, 0) is 57.0 Å². The van der Waals surface area contributed by atoms with Gasteiger partial charge in [-0.25, -0.2) is 12.8 Å². The topological polar surface area (TPSA) is 96.0 Å². The molecule has 2 amide bonds. The molecule has 0 aliphatic rings. The van der Waals surface area contributed by atoms with Crippen molar-refractivity contribution in [2.45, 2.75) is 52.2 Å². The highest BCUT2D eigenvalue weighted by Crippen LogP contribution is 2.29. The molecule has 10 heteroatoms. The van der Waals surface area contributed by atoms with Crippen molar-refractivity contribution in [2.75, 3.05) is 24.2 Å². The Labute approximate surface area is 207 Å². The van der Waals surface area contributed by atoms with E-state index in [-0.39, 0.29) is 43.8 Å². The third-order valence-corrected chi connectivity index (χ3v) is 6.55. The second-order valence-electron chi connectivity index (χ2n) is 8.60. The minimum Gasteiger partial charge on any atom is -0.495 e. The van der Waals surface area contributed by atoms with Crippen LogP contribution in [0.2, 0.25) is 0 Å². The first kappa shape index (κ1) is 28.1. The molecule has 0 aromatic heterocycles. The molecule has 192 valence electrons. The van der Waals surface area contributed by atoms with Gasteiger partial charge in [0.2, 0.25) is 21.8 Å². The number of hydrogen-bond acceptors (Lipinski definition) is 5. The summed E-state index contributed by atoms with van der Waals surface area (Å²) in [5.41, 5.74) is 1.06. The Kier molecular flexibility index (Phi) is 10.1. The molecule has 35 heavy (non-hydrogen) atoms. The van der Waals surface area contributed by atoms with E-state index in [2.05, 4.69) is 5.32 Å². The lowest BCUT2D eigenvalue weighted by molar-refractivity contribution is -0.140. The van der Waals surface area contributed by atoms with E-state index < -0.39 is 21.9 Å². The van der Waals surface area contributed by atoms with Crippen LogP contribution in [0.1, 0.15) is 39.2 Å². The summed E-state index contributed by atoms with van der Waals surface area (Å²) in [5, 5.41) is 2.81. The van der Waals surface area contributed by atoms with Crippen LogP contribution in [0.5, 0.6) is 5.75 Å². The number of rotatable bonds is 12. The van der Waals surface area contributed by atoms with Crippen LogP contribution >= 0.6 is 0 Å². The second kappa shape index (κ2) is 12.5. The van der Waals surface area contributed by atoms with E-state index in [0.29, 0.717) is 17.0 Å². The number of ether oxygens (including phenoxy) is 1. The molecule has 0 aliphatic heterocycles. The van der Waals surface area contributed by atoms with Crippen LogP contribution < -0.4 is 14.4 Å². The van der Waals surface area contributed by atoms with E-state index in [1.165, 1.54) is 28.4 Å². The van der Waals surface area contributed by atoms with Gasteiger partial charge in [0, 0.05) is 25.6 Å². The van der Waals surface area contributed by atoms with E-state index in [1.54, 1.807) is 43.3 Å². The fourth-order valence-corrected chi connectivity index (χ4v) is 4.56. The molecule has 0 fully saturated rings. The Balaban J connectivity index is 2.19. The second-order valence-corrected chi connectivity index (χ2v) is 10.5. The highest BCUT2D eigenvalue weighted by atomic mass is 32.2. The average molecular weight is 508 g/mol. The quantitative estimate of drug-likeness (QED) is 0.476. The molecule has 0 aliphatic carbocycles. The Bertz CT molecular complexity index is 1110. The third-order valence-electron chi connectivity index (χ3n) is 5.37. The molecule has 0 saturated heterocycles. The minimum absolute atomic E-state index is 0.0155. The summed E-state index contributed by atoms with van der Waals surface area (Å²) in [5.74, 6) is -0.605. The molecule has 0 saturated carbocycles. The number of halogens is 1. The predicted molar refractivity (Wildman–Crippen MR) is 134 cm³/mol. The lowest BCUT2D eigenvalue weighted by Crippen LogP contribution is -2.49. The minimum atomic E-state index is -3.64. The first-order chi connectivity index (χ1) is 16.4. The van der Waals surface area contributed by atoms with Gasteiger partial charge >= 0.3 is 0 Å². The summed E-state index contributed by atoms with van der Waals surface area (Å²) < 4.78 is 44.8. The van der Waals surface area contributed by atoms with Crippen LogP contribution in [-0.2, 0) is 26.2 Å². The van der Waals surface area contributed by atoms with Crippen molar-refractivity contribution in [3.63, 3.8) is 0 Å². The van der Waals surface area contributed by atoms with Gasteiger partial charge in [-0.3, -0.25) is 13.9 Å². The molecule has 1 atom stereocenters. The number of para-hydroxylation sites is 2. The maximum Gasteiger partial charge on any atom is 0.242 e. The van der Waals surface area contributed by atoms with Gasteiger partial charge in [-0.2, -0.15) is 0 Å². The molecule has 2 aromatic rings. The summed E-state index contributed by atoms with van der Waals surface area (Å²) >= 11 is 0. The van der Waals surface area contributed by atoms with Crippen LogP contribution in [0, 0.1) is 5.82 Å². The maximum absolute atomic E-state index is 13.3. The van der Waals surface area contributed by atoms with Crippen LogP contribution in [0.15, 0.2) is 48.5 Å². The van der Waals surface area contributed by atoms with Crippen molar-refractivity contribution in [2.24, 2.45) is 0 Å². The SMILES string of the molecule is COc1ccccc1N(CCCC(=O)N(Cc1ccc(F)cc1)[C@H](C)C(=O)NC(C)C)S(C)(=O)=O. The molecule has 2 aromatic carbocycles. The summed E-state index contributed by atoms with van der Waals surface area (Å²) in [6.45, 7) is 5.47. The summed E-state index contributed by atoms with van der Waals surface area (Å²) in [6.07, 6.45) is 1.34. The van der Waals surface area contributed by atoms with Gasteiger partial charge in [0.25, 0.3) is 0 Å². The van der Waals surface area contributed by atoms with Crippen LogP contribution in [-0.4, -0.2) is 57.1 Å². The summed E-state index contributed by atoms with van der Waals surface area (Å²) in [4.78, 5) is 27.3. The van der Waals surface area contributed by atoms with Gasteiger partial charge in [-0.1, -0.05) is 24.3 Å². The van der Waals surface area contributed by atoms with E-state index in [4.69, 9.17) is 4.74 Å². The van der Waals surface area contributed by atoms with E-state index >= 15 is 0 Å². The Morgan fingerprint density at radius 3 is 2.26 bits per heavy atom. The number of hydrogen-bond donors (Lipinski definition) is 1. The molecule has 0 radical (unpaired) electrons. The van der Waals surface area contributed by atoms with Crippen molar-refractivity contribution in [3.05, 3.63) is 59.9 Å². The molecule has 0 heterocycles. The summed E-state index contributed by atoms with van der Waals surface area (Å²) in [6, 6.07) is 11.6. The van der Waals surface area contributed by atoms with Crippen LogP contribution in [0.3, 0.4) is 0 Å². The number of methoxy groups -OCH3 is 1. The number of nitrogens with one attached hydrogen (secondary N) is 1. The van der Waals surface area contributed by atoms with Crippen molar-refractivity contribution in [3.8, 4) is 5.75 Å². The van der Waals surface area contributed by atoms with Crippen molar-refractivity contribution in [1.82, 2.24) is 10.2 Å². The summed E-state index contributed by atoms with van der Waals surface area (Å²) in [7, 11) is -2.18. The molecule has 0 unspecified atom stereocenters.